The molecule has 0 spiro atoms. The maximum Gasteiger partial charge on any atom is 0.262 e. The second kappa shape index (κ2) is 11.9. The first-order chi connectivity index (χ1) is 18.8. The summed E-state index contributed by atoms with van der Waals surface area (Å²) >= 11 is 1.38. The van der Waals surface area contributed by atoms with Gasteiger partial charge in [0.05, 0.1) is 17.5 Å². The molecule has 2 atom stereocenters. The number of carbonyl (C=O) groups is 3. The number of fused-ring (bicyclic) bond motifs is 1. The molecule has 0 bridgehead atoms. The average molecular weight is 569 g/mol. The molecule has 39 heavy (non-hydrogen) atoms. The van der Waals surface area contributed by atoms with E-state index in [1.165, 1.54) is 23.6 Å². The molecule has 1 aromatic carbocycles. The monoisotopic (exact) mass is 568 g/mol. The SMILES string of the molecule is O=C(N[C@H](C(=O)NC1CCCN(S(=O)(=O)c2ccccn2)CC1=O)C1CCCCC1)c1cc2ccccc2s1. The maximum atomic E-state index is 13.6. The summed E-state index contributed by atoms with van der Waals surface area (Å²) in [7, 11) is -3.93. The summed E-state index contributed by atoms with van der Waals surface area (Å²) in [5.41, 5.74) is 0. The van der Waals surface area contributed by atoms with Crippen LogP contribution < -0.4 is 10.6 Å². The van der Waals surface area contributed by atoms with Crippen molar-refractivity contribution in [3.8, 4) is 0 Å². The molecule has 1 aliphatic carbocycles. The largest absolute Gasteiger partial charge is 0.344 e. The molecule has 2 amide bonds. The van der Waals surface area contributed by atoms with Crippen LogP contribution in [0.2, 0.25) is 0 Å². The van der Waals surface area contributed by atoms with Crippen molar-refractivity contribution in [2.24, 2.45) is 5.92 Å². The zero-order valence-electron chi connectivity index (χ0n) is 21.5. The van der Waals surface area contributed by atoms with Gasteiger partial charge < -0.3 is 10.6 Å². The molecule has 3 heterocycles. The number of ketones is 1. The minimum Gasteiger partial charge on any atom is -0.344 e. The summed E-state index contributed by atoms with van der Waals surface area (Å²) in [5, 5.41) is 6.70. The van der Waals surface area contributed by atoms with Gasteiger partial charge in [-0.2, -0.15) is 4.31 Å². The highest BCUT2D eigenvalue weighted by Crippen LogP contribution is 2.29. The molecule has 5 rings (SSSR count). The molecule has 2 aromatic heterocycles. The third-order valence-electron chi connectivity index (χ3n) is 7.52. The first-order valence-corrected chi connectivity index (χ1v) is 15.6. The van der Waals surface area contributed by atoms with Crippen molar-refractivity contribution in [2.75, 3.05) is 13.1 Å². The first kappa shape index (κ1) is 27.4. The lowest BCUT2D eigenvalue weighted by Gasteiger charge is -2.31. The first-order valence-electron chi connectivity index (χ1n) is 13.4. The second-order valence-electron chi connectivity index (χ2n) is 10.2. The van der Waals surface area contributed by atoms with Crippen LogP contribution in [0.5, 0.6) is 0 Å². The van der Waals surface area contributed by atoms with Gasteiger partial charge in [-0.1, -0.05) is 43.5 Å². The van der Waals surface area contributed by atoms with Crippen molar-refractivity contribution < 1.29 is 22.8 Å². The second-order valence-corrected chi connectivity index (χ2v) is 13.1. The molecular weight excluding hydrogens is 536 g/mol. The fourth-order valence-corrected chi connectivity index (χ4v) is 7.76. The zero-order chi connectivity index (χ0) is 27.4. The van der Waals surface area contributed by atoms with Gasteiger partial charge in [0.2, 0.25) is 5.91 Å². The molecule has 1 saturated carbocycles. The van der Waals surface area contributed by atoms with E-state index in [9.17, 15) is 22.8 Å². The van der Waals surface area contributed by atoms with Crippen molar-refractivity contribution in [1.29, 1.82) is 0 Å². The van der Waals surface area contributed by atoms with Crippen molar-refractivity contribution in [1.82, 2.24) is 19.9 Å². The molecule has 206 valence electrons. The lowest BCUT2D eigenvalue weighted by atomic mass is 9.83. The molecule has 9 nitrogen and oxygen atoms in total. The molecule has 1 unspecified atom stereocenters. The lowest BCUT2D eigenvalue weighted by Crippen LogP contribution is -2.55. The number of aromatic nitrogens is 1. The predicted octanol–water partition coefficient (Wildman–Crippen LogP) is 3.51. The molecule has 0 radical (unpaired) electrons. The Balaban J connectivity index is 1.29. The van der Waals surface area contributed by atoms with Gasteiger partial charge in [-0.15, -0.1) is 11.3 Å². The van der Waals surface area contributed by atoms with Crippen molar-refractivity contribution in [3.05, 3.63) is 59.6 Å². The Morgan fingerprint density at radius 3 is 2.51 bits per heavy atom. The lowest BCUT2D eigenvalue weighted by molar-refractivity contribution is -0.129. The number of pyridine rings is 1. The number of amides is 2. The number of benzene rings is 1. The summed E-state index contributed by atoms with van der Waals surface area (Å²) < 4.78 is 28.2. The van der Waals surface area contributed by atoms with Crippen LogP contribution in [0, 0.1) is 5.92 Å². The number of nitrogens with one attached hydrogen (secondary N) is 2. The molecule has 2 aliphatic rings. The Hall–Kier alpha value is -3.15. The third-order valence-corrected chi connectivity index (χ3v) is 10.4. The normalized spacial score (nSPS) is 20.3. The van der Waals surface area contributed by atoms with Crippen LogP contribution in [0.4, 0.5) is 0 Å². The molecule has 3 aromatic rings. The number of hydrogen-bond acceptors (Lipinski definition) is 7. The van der Waals surface area contributed by atoms with E-state index >= 15 is 0 Å². The van der Waals surface area contributed by atoms with Gasteiger partial charge in [0.1, 0.15) is 6.04 Å². The Kier molecular flexibility index (Phi) is 8.39. The highest BCUT2D eigenvalue weighted by atomic mass is 32.2. The summed E-state index contributed by atoms with van der Waals surface area (Å²) in [4.78, 5) is 44.5. The van der Waals surface area contributed by atoms with E-state index in [0.717, 1.165) is 46.5 Å². The van der Waals surface area contributed by atoms with Crippen LogP contribution in [0.3, 0.4) is 0 Å². The third kappa shape index (κ3) is 6.21. The Morgan fingerprint density at radius 2 is 1.77 bits per heavy atom. The van der Waals surface area contributed by atoms with Crippen LogP contribution in [-0.4, -0.2) is 60.5 Å². The maximum absolute atomic E-state index is 13.6. The number of carbonyl (C=O) groups excluding carboxylic acids is 3. The van der Waals surface area contributed by atoms with Crippen molar-refractivity contribution >= 4 is 49.0 Å². The van der Waals surface area contributed by atoms with Gasteiger partial charge in [-0.05, 0) is 61.3 Å². The van der Waals surface area contributed by atoms with Crippen LogP contribution in [0.1, 0.15) is 54.6 Å². The molecule has 2 N–H and O–H groups in total. The Morgan fingerprint density at radius 1 is 1.00 bits per heavy atom. The van der Waals surface area contributed by atoms with Gasteiger partial charge in [-0.25, -0.2) is 13.4 Å². The van der Waals surface area contributed by atoms with Crippen LogP contribution in [0.25, 0.3) is 10.1 Å². The van der Waals surface area contributed by atoms with Crippen LogP contribution >= 0.6 is 11.3 Å². The van der Waals surface area contributed by atoms with Crippen molar-refractivity contribution in [3.63, 3.8) is 0 Å². The standard InChI is InChI=1S/C28H32N4O5S2/c33-22-18-32(39(36,37)25-14-6-7-15-29-25)16-8-12-21(22)30-28(35)26(19-9-2-1-3-10-19)31-27(34)24-17-20-11-4-5-13-23(20)38-24/h4-7,11,13-15,17,19,21,26H,1-3,8-10,12,16,18H2,(H,30,35)(H,31,34)/t21?,26-/m0/s1. The van der Waals surface area contributed by atoms with E-state index in [1.54, 1.807) is 12.1 Å². The van der Waals surface area contributed by atoms with Gasteiger partial charge in [0.25, 0.3) is 15.9 Å². The van der Waals surface area contributed by atoms with E-state index in [2.05, 4.69) is 15.6 Å². The number of thiophene rings is 1. The quantitative estimate of drug-likeness (QED) is 0.449. The Labute approximate surface area is 232 Å². The molecule has 11 heteroatoms. The van der Waals surface area contributed by atoms with E-state index in [1.807, 2.05) is 30.3 Å². The number of sulfonamides is 1. The van der Waals surface area contributed by atoms with Crippen LogP contribution in [0.15, 0.2) is 59.8 Å². The van der Waals surface area contributed by atoms with E-state index in [-0.39, 0.29) is 35.7 Å². The predicted molar refractivity (Wildman–Crippen MR) is 149 cm³/mol. The fraction of sp³-hybridized carbons (Fsp3) is 0.429. The van der Waals surface area contributed by atoms with E-state index in [4.69, 9.17) is 0 Å². The molecular formula is C28H32N4O5S2. The van der Waals surface area contributed by atoms with E-state index < -0.39 is 28.0 Å². The molecule has 2 fully saturated rings. The summed E-state index contributed by atoms with van der Waals surface area (Å²) in [5.74, 6) is -1.10. The number of nitrogens with zero attached hydrogens (tertiary/aromatic N) is 2. The summed E-state index contributed by atoms with van der Waals surface area (Å²) in [6.07, 6.45) is 6.82. The topological polar surface area (TPSA) is 126 Å². The minimum absolute atomic E-state index is 0.0287. The van der Waals surface area contributed by atoms with Gasteiger partial charge in [0.15, 0.2) is 10.8 Å². The highest BCUT2D eigenvalue weighted by molar-refractivity contribution is 7.89. The van der Waals surface area contributed by atoms with E-state index in [0.29, 0.717) is 17.7 Å². The average Bonchev–Trinajstić information content (AvgIpc) is 3.31. The van der Waals surface area contributed by atoms with Gasteiger partial charge in [0, 0.05) is 17.4 Å². The number of hydrogen-bond donors (Lipinski definition) is 2. The van der Waals surface area contributed by atoms with Gasteiger partial charge in [-0.3, -0.25) is 14.4 Å². The van der Waals surface area contributed by atoms with Gasteiger partial charge >= 0.3 is 0 Å². The highest BCUT2D eigenvalue weighted by Gasteiger charge is 2.37. The number of Topliss-reactive ketones (excluding diaryl/α,β-unsaturated/α-hetero) is 1. The molecule has 1 aliphatic heterocycles. The van der Waals surface area contributed by atoms with Crippen molar-refractivity contribution in [2.45, 2.75) is 62.1 Å². The summed E-state index contributed by atoms with van der Waals surface area (Å²) in [6.45, 7) is -0.183. The summed E-state index contributed by atoms with van der Waals surface area (Å²) in [6, 6.07) is 12.6. The van der Waals surface area contributed by atoms with Crippen LogP contribution in [-0.2, 0) is 19.6 Å². The number of rotatable bonds is 7. The minimum atomic E-state index is -3.93. The zero-order valence-corrected chi connectivity index (χ0v) is 23.2. The fourth-order valence-electron chi connectivity index (χ4n) is 5.42. The smallest absolute Gasteiger partial charge is 0.262 e. The molecule has 1 saturated heterocycles. The Bertz CT molecular complexity index is 1420.